The van der Waals surface area contributed by atoms with Gasteiger partial charge in [0, 0.05) is 16.2 Å². The maximum absolute atomic E-state index is 6.46. The van der Waals surface area contributed by atoms with Crippen LogP contribution in [0.3, 0.4) is 0 Å². The maximum Gasteiger partial charge on any atom is 0.143 e. The largest absolute Gasteiger partial charge is 0.455 e. The maximum atomic E-state index is 6.46. The minimum Gasteiger partial charge on any atom is -0.455 e. The van der Waals surface area contributed by atoms with Crippen molar-refractivity contribution in [3.8, 4) is 33.4 Å². The second kappa shape index (κ2) is 9.44. The molecule has 1 heterocycles. The fourth-order valence-corrected chi connectivity index (χ4v) is 6.97. The summed E-state index contributed by atoms with van der Waals surface area (Å²) in [6.45, 7) is 0. The van der Waals surface area contributed by atoms with Crippen molar-refractivity contribution >= 4 is 54.3 Å². The van der Waals surface area contributed by atoms with Gasteiger partial charge >= 0.3 is 0 Å². The average molecular weight is 547 g/mol. The van der Waals surface area contributed by atoms with Gasteiger partial charge in [0.1, 0.15) is 11.2 Å². The zero-order chi connectivity index (χ0) is 28.3. The molecular formula is C42H26O. The van der Waals surface area contributed by atoms with E-state index in [4.69, 9.17) is 4.42 Å². The van der Waals surface area contributed by atoms with Crippen molar-refractivity contribution in [3.05, 3.63) is 158 Å². The van der Waals surface area contributed by atoms with E-state index in [0.717, 1.165) is 27.3 Å². The SMILES string of the molecule is c1ccc(-c2cccc(-c3c4ccccc4c(-c4cc5c6ccccc6oc5c5ccccc45)c4ccccc34)c2)cc1. The Morgan fingerprint density at radius 3 is 1.51 bits per heavy atom. The van der Waals surface area contributed by atoms with Gasteiger partial charge in [-0.3, -0.25) is 0 Å². The topological polar surface area (TPSA) is 13.1 Å². The molecule has 1 heteroatoms. The zero-order valence-electron chi connectivity index (χ0n) is 23.4. The van der Waals surface area contributed by atoms with E-state index in [1.807, 2.05) is 6.07 Å². The van der Waals surface area contributed by atoms with Gasteiger partial charge in [-0.05, 0) is 78.5 Å². The summed E-state index contributed by atoms with van der Waals surface area (Å²) in [7, 11) is 0. The van der Waals surface area contributed by atoms with E-state index in [1.165, 1.54) is 60.3 Å². The van der Waals surface area contributed by atoms with Crippen LogP contribution in [0.5, 0.6) is 0 Å². The summed E-state index contributed by atoms with van der Waals surface area (Å²) in [4.78, 5) is 0. The van der Waals surface area contributed by atoms with Crippen LogP contribution < -0.4 is 0 Å². The Morgan fingerprint density at radius 1 is 0.302 bits per heavy atom. The van der Waals surface area contributed by atoms with Gasteiger partial charge in [-0.1, -0.05) is 140 Å². The lowest BCUT2D eigenvalue weighted by Gasteiger charge is -2.19. The monoisotopic (exact) mass is 546 g/mol. The molecular weight excluding hydrogens is 520 g/mol. The lowest BCUT2D eigenvalue weighted by atomic mass is 9.84. The Labute approximate surface area is 249 Å². The molecule has 0 aliphatic heterocycles. The molecule has 0 spiro atoms. The quantitative estimate of drug-likeness (QED) is 0.201. The van der Waals surface area contributed by atoms with Crippen molar-refractivity contribution in [2.24, 2.45) is 0 Å². The van der Waals surface area contributed by atoms with Crippen molar-refractivity contribution in [1.29, 1.82) is 0 Å². The molecule has 0 saturated heterocycles. The number of hydrogen-bond acceptors (Lipinski definition) is 1. The highest BCUT2D eigenvalue weighted by atomic mass is 16.3. The second-order valence-corrected chi connectivity index (χ2v) is 11.2. The van der Waals surface area contributed by atoms with Gasteiger partial charge in [-0.2, -0.15) is 0 Å². The van der Waals surface area contributed by atoms with E-state index >= 15 is 0 Å². The van der Waals surface area contributed by atoms with E-state index in [2.05, 4.69) is 152 Å². The highest BCUT2D eigenvalue weighted by Crippen LogP contribution is 2.47. The van der Waals surface area contributed by atoms with Crippen molar-refractivity contribution in [3.63, 3.8) is 0 Å². The lowest BCUT2D eigenvalue weighted by molar-refractivity contribution is 0.672. The normalized spacial score (nSPS) is 11.7. The van der Waals surface area contributed by atoms with Gasteiger partial charge < -0.3 is 4.42 Å². The third-order valence-corrected chi connectivity index (χ3v) is 8.84. The molecule has 0 aliphatic rings. The van der Waals surface area contributed by atoms with Crippen molar-refractivity contribution < 1.29 is 4.42 Å². The molecule has 0 fully saturated rings. The number of fused-ring (bicyclic) bond motifs is 7. The van der Waals surface area contributed by atoms with Crippen LogP contribution in [0.2, 0.25) is 0 Å². The summed E-state index contributed by atoms with van der Waals surface area (Å²) in [6, 6.07) is 56.8. The van der Waals surface area contributed by atoms with Crippen LogP contribution in [0.4, 0.5) is 0 Å². The van der Waals surface area contributed by atoms with E-state index in [9.17, 15) is 0 Å². The van der Waals surface area contributed by atoms with Crippen molar-refractivity contribution in [2.75, 3.05) is 0 Å². The molecule has 0 aliphatic carbocycles. The van der Waals surface area contributed by atoms with Crippen molar-refractivity contribution in [2.45, 2.75) is 0 Å². The van der Waals surface area contributed by atoms with Crippen LogP contribution in [-0.2, 0) is 0 Å². The van der Waals surface area contributed by atoms with E-state index < -0.39 is 0 Å². The molecule has 0 radical (unpaired) electrons. The summed E-state index contributed by atoms with van der Waals surface area (Å²) in [6.07, 6.45) is 0. The minimum atomic E-state index is 0.920. The summed E-state index contributed by atoms with van der Waals surface area (Å²) in [5.74, 6) is 0. The first-order valence-electron chi connectivity index (χ1n) is 14.8. The summed E-state index contributed by atoms with van der Waals surface area (Å²) in [5.41, 5.74) is 9.30. The van der Waals surface area contributed by atoms with E-state index in [1.54, 1.807) is 0 Å². The standard InChI is InChI=1S/C42H26O/c1-2-13-27(14-3-1)28-15-12-16-29(25-28)40-32-19-5-7-21-34(32)41(35-22-8-6-20-33(35)40)37-26-38-31-18-10-11-24-39(31)43-42(38)36-23-9-4-17-30(36)37/h1-26H. The smallest absolute Gasteiger partial charge is 0.143 e. The highest BCUT2D eigenvalue weighted by molar-refractivity contribution is 6.27. The molecule has 9 rings (SSSR count). The molecule has 0 saturated carbocycles. The molecule has 0 unspecified atom stereocenters. The molecule has 43 heavy (non-hydrogen) atoms. The van der Waals surface area contributed by atoms with Gasteiger partial charge in [0.05, 0.1) is 0 Å². The number of para-hydroxylation sites is 1. The molecule has 1 aromatic heterocycles. The third-order valence-electron chi connectivity index (χ3n) is 8.84. The van der Waals surface area contributed by atoms with Gasteiger partial charge in [0.25, 0.3) is 0 Å². The Balaban J connectivity index is 1.42. The van der Waals surface area contributed by atoms with Gasteiger partial charge in [-0.15, -0.1) is 0 Å². The number of rotatable bonds is 3. The fourth-order valence-electron chi connectivity index (χ4n) is 6.97. The predicted molar refractivity (Wildman–Crippen MR) is 183 cm³/mol. The third kappa shape index (κ3) is 3.65. The van der Waals surface area contributed by atoms with Crippen LogP contribution in [0.15, 0.2) is 162 Å². The van der Waals surface area contributed by atoms with Gasteiger partial charge in [0.15, 0.2) is 0 Å². The van der Waals surface area contributed by atoms with Crippen LogP contribution in [0.1, 0.15) is 0 Å². The fraction of sp³-hybridized carbons (Fsp3) is 0. The number of benzene rings is 8. The second-order valence-electron chi connectivity index (χ2n) is 11.2. The first-order valence-corrected chi connectivity index (χ1v) is 14.8. The minimum absolute atomic E-state index is 0.920. The molecule has 0 N–H and O–H groups in total. The Bertz CT molecular complexity index is 2440. The van der Waals surface area contributed by atoms with Gasteiger partial charge in [-0.25, -0.2) is 0 Å². The molecule has 9 aromatic rings. The Hall–Kier alpha value is -5.66. The molecule has 0 atom stereocenters. The number of furan rings is 1. The Morgan fingerprint density at radius 2 is 0.814 bits per heavy atom. The zero-order valence-corrected chi connectivity index (χ0v) is 23.4. The molecule has 200 valence electrons. The van der Waals surface area contributed by atoms with Crippen LogP contribution in [0, 0.1) is 0 Å². The van der Waals surface area contributed by atoms with Crippen molar-refractivity contribution in [1.82, 2.24) is 0 Å². The molecule has 0 amide bonds. The summed E-state index contributed by atoms with van der Waals surface area (Å²) >= 11 is 0. The average Bonchev–Trinajstić information content (AvgIpc) is 3.46. The van der Waals surface area contributed by atoms with Crippen LogP contribution in [-0.4, -0.2) is 0 Å². The summed E-state index contributed by atoms with van der Waals surface area (Å²) in [5, 5.41) is 9.63. The van der Waals surface area contributed by atoms with E-state index in [0.29, 0.717) is 0 Å². The van der Waals surface area contributed by atoms with E-state index in [-0.39, 0.29) is 0 Å². The van der Waals surface area contributed by atoms with Gasteiger partial charge in [0.2, 0.25) is 0 Å². The Kier molecular flexibility index (Phi) is 5.27. The molecule has 0 bridgehead atoms. The van der Waals surface area contributed by atoms with Crippen LogP contribution >= 0.6 is 0 Å². The summed E-state index contributed by atoms with van der Waals surface area (Å²) < 4.78 is 6.46. The number of hydrogen-bond donors (Lipinski definition) is 0. The highest BCUT2D eigenvalue weighted by Gasteiger charge is 2.20. The molecule has 8 aromatic carbocycles. The first kappa shape index (κ1) is 24.0. The van der Waals surface area contributed by atoms with Crippen LogP contribution in [0.25, 0.3) is 87.6 Å². The first-order chi connectivity index (χ1) is 21.3. The lowest BCUT2D eigenvalue weighted by Crippen LogP contribution is -1.92. The predicted octanol–water partition coefficient (Wildman–Crippen LogP) is 12.0. The molecule has 1 nitrogen and oxygen atoms in total.